The van der Waals surface area contributed by atoms with Gasteiger partial charge in [0.15, 0.2) is 9.84 Å². The highest BCUT2D eigenvalue weighted by molar-refractivity contribution is 7.91. The van der Waals surface area contributed by atoms with Gasteiger partial charge in [0.1, 0.15) is 0 Å². The molecule has 1 atom stereocenters. The minimum atomic E-state index is -2.87. The molecule has 0 unspecified atom stereocenters. The third-order valence-electron chi connectivity index (χ3n) is 5.10. The smallest absolute Gasteiger partial charge is 0.204 e. The molecule has 1 aliphatic carbocycles. The molecule has 0 bridgehead atoms. The maximum atomic E-state index is 12.0. The van der Waals surface area contributed by atoms with E-state index in [1.54, 1.807) is 0 Å². The van der Waals surface area contributed by atoms with Gasteiger partial charge in [-0.25, -0.2) is 13.4 Å². The molecule has 3 rings (SSSR count). The Balaban J connectivity index is 1.78. The zero-order valence-corrected chi connectivity index (χ0v) is 14.5. The van der Waals surface area contributed by atoms with Crippen molar-refractivity contribution in [3.05, 3.63) is 11.9 Å². The molecule has 6 nitrogen and oxygen atoms in total. The van der Waals surface area contributed by atoms with E-state index in [4.69, 9.17) is 0 Å². The molecule has 0 aromatic carbocycles. The lowest BCUT2D eigenvalue weighted by molar-refractivity contribution is 0.101. The van der Waals surface area contributed by atoms with Gasteiger partial charge >= 0.3 is 0 Å². The second-order valence-electron chi connectivity index (χ2n) is 6.85. The van der Waals surface area contributed by atoms with Gasteiger partial charge in [-0.2, -0.15) is 0 Å². The summed E-state index contributed by atoms with van der Waals surface area (Å²) in [4.78, 5) is 8.81. The summed E-state index contributed by atoms with van der Waals surface area (Å²) in [6.07, 6.45) is 5.50. The van der Waals surface area contributed by atoms with Crippen LogP contribution < -0.4 is 4.90 Å². The van der Waals surface area contributed by atoms with Crippen LogP contribution in [0.1, 0.15) is 25.0 Å². The van der Waals surface area contributed by atoms with Crippen molar-refractivity contribution in [1.29, 1.82) is 0 Å². The van der Waals surface area contributed by atoms with Gasteiger partial charge in [-0.05, 0) is 18.8 Å². The minimum absolute atomic E-state index is 0.185. The monoisotopic (exact) mass is 326 g/mol. The molecule has 7 heteroatoms. The molecule has 22 heavy (non-hydrogen) atoms. The van der Waals surface area contributed by atoms with Gasteiger partial charge in [-0.3, -0.25) is 4.90 Å². The van der Waals surface area contributed by atoms with E-state index < -0.39 is 9.84 Å². The number of aromatic nitrogens is 2. The second kappa shape index (κ2) is 5.85. The van der Waals surface area contributed by atoms with Crippen LogP contribution in [-0.2, 0) is 23.4 Å². The minimum Gasteiger partial charge on any atom is -0.348 e. The number of imidazole rings is 1. The van der Waals surface area contributed by atoms with Gasteiger partial charge < -0.3 is 9.47 Å². The Labute approximate surface area is 133 Å². The first-order valence-electron chi connectivity index (χ1n) is 8.00. The van der Waals surface area contributed by atoms with Crippen LogP contribution in [0.3, 0.4) is 0 Å². The van der Waals surface area contributed by atoms with E-state index >= 15 is 0 Å². The van der Waals surface area contributed by atoms with Gasteiger partial charge in [0.2, 0.25) is 5.95 Å². The third kappa shape index (κ3) is 3.01. The Morgan fingerprint density at radius 1 is 1.36 bits per heavy atom. The van der Waals surface area contributed by atoms with Gasteiger partial charge in [0.25, 0.3) is 0 Å². The fourth-order valence-corrected chi connectivity index (χ4v) is 5.21. The fraction of sp³-hybridized carbons (Fsp3) is 0.800. The third-order valence-corrected chi connectivity index (χ3v) is 6.76. The number of hydrogen-bond acceptors (Lipinski definition) is 5. The van der Waals surface area contributed by atoms with Crippen LogP contribution in [0.5, 0.6) is 0 Å². The molecule has 2 heterocycles. The first-order valence-corrected chi connectivity index (χ1v) is 9.82. The van der Waals surface area contributed by atoms with E-state index in [1.165, 1.54) is 19.3 Å². The topological polar surface area (TPSA) is 58.4 Å². The van der Waals surface area contributed by atoms with Crippen LogP contribution >= 0.6 is 0 Å². The molecule has 124 valence electrons. The molecule has 0 spiro atoms. The number of anilines is 1. The molecule has 1 saturated heterocycles. The summed E-state index contributed by atoms with van der Waals surface area (Å²) in [5, 5.41) is 0. The predicted octanol–water partition coefficient (Wildman–Crippen LogP) is 0.885. The predicted molar refractivity (Wildman–Crippen MR) is 87.7 cm³/mol. The molecule has 0 N–H and O–H groups in total. The maximum absolute atomic E-state index is 12.0. The first-order chi connectivity index (χ1) is 10.4. The second-order valence-corrected chi connectivity index (χ2v) is 9.07. The SMILES string of the molecule is CN(C)c1ncc(CN2CCS(=O)(=O)C[C@H]2C2CCC2)n1C. The van der Waals surface area contributed by atoms with Crippen LogP contribution in [0.4, 0.5) is 5.95 Å². The molecule has 1 aromatic rings. The Morgan fingerprint density at radius 2 is 2.09 bits per heavy atom. The lowest BCUT2D eigenvalue weighted by Gasteiger charge is -2.43. The molecular weight excluding hydrogens is 300 g/mol. The van der Waals surface area contributed by atoms with Gasteiger partial charge in [-0.15, -0.1) is 0 Å². The summed E-state index contributed by atoms with van der Waals surface area (Å²) in [6.45, 7) is 1.43. The molecule has 0 amide bonds. The zero-order valence-electron chi connectivity index (χ0n) is 13.7. The highest BCUT2D eigenvalue weighted by Gasteiger charge is 2.38. The zero-order chi connectivity index (χ0) is 15.9. The lowest BCUT2D eigenvalue weighted by Crippen LogP contribution is -2.53. The summed E-state index contributed by atoms with van der Waals surface area (Å²) in [5.74, 6) is 2.10. The van der Waals surface area contributed by atoms with Crippen LogP contribution in [0.2, 0.25) is 0 Å². The average Bonchev–Trinajstić information content (AvgIpc) is 2.72. The number of nitrogens with zero attached hydrogens (tertiary/aromatic N) is 4. The van der Waals surface area contributed by atoms with Crippen LogP contribution in [0, 0.1) is 5.92 Å². The van der Waals surface area contributed by atoms with Gasteiger partial charge in [0, 0.05) is 40.3 Å². The van der Waals surface area contributed by atoms with Gasteiger partial charge in [0.05, 0.1) is 23.4 Å². The van der Waals surface area contributed by atoms with E-state index in [0.717, 1.165) is 18.2 Å². The van der Waals surface area contributed by atoms with Crippen molar-refractivity contribution in [1.82, 2.24) is 14.5 Å². The van der Waals surface area contributed by atoms with Gasteiger partial charge in [-0.1, -0.05) is 6.42 Å². The Hall–Kier alpha value is -1.08. The van der Waals surface area contributed by atoms with Crippen molar-refractivity contribution in [3.63, 3.8) is 0 Å². The van der Waals surface area contributed by atoms with Crippen LogP contribution in [-0.4, -0.2) is 61.1 Å². The summed E-state index contributed by atoms with van der Waals surface area (Å²) in [7, 11) is 3.12. The molecule has 1 saturated carbocycles. The first kappa shape index (κ1) is 15.8. The largest absolute Gasteiger partial charge is 0.348 e. The summed E-state index contributed by atoms with van der Waals surface area (Å²) in [5.41, 5.74) is 1.15. The Kier molecular flexibility index (Phi) is 4.20. The molecule has 2 fully saturated rings. The lowest BCUT2D eigenvalue weighted by atomic mass is 9.79. The van der Waals surface area contributed by atoms with Crippen LogP contribution in [0.15, 0.2) is 6.20 Å². The van der Waals surface area contributed by atoms with E-state index in [-0.39, 0.29) is 11.8 Å². The number of hydrogen-bond donors (Lipinski definition) is 0. The van der Waals surface area contributed by atoms with Crippen molar-refractivity contribution in [2.24, 2.45) is 13.0 Å². The van der Waals surface area contributed by atoms with Crippen LogP contribution in [0.25, 0.3) is 0 Å². The van der Waals surface area contributed by atoms with E-state index in [9.17, 15) is 8.42 Å². The molecular formula is C15H26N4O2S. The highest BCUT2D eigenvalue weighted by atomic mass is 32.2. The molecule has 0 radical (unpaired) electrons. The fourth-order valence-electron chi connectivity index (χ4n) is 3.53. The molecule has 1 aromatic heterocycles. The quantitative estimate of drug-likeness (QED) is 0.822. The standard InChI is InChI=1S/C15H26N4O2S/c1-17(2)15-16-9-13(18(15)3)10-19-7-8-22(20,21)11-14(19)12-5-4-6-12/h9,12,14H,4-8,10-11H2,1-3H3/t14-/m0/s1. The highest BCUT2D eigenvalue weighted by Crippen LogP contribution is 2.35. The molecule has 2 aliphatic rings. The number of rotatable bonds is 4. The summed E-state index contributed by atoms with van der Waals surface area (Å²) < 4.78 is 26.1. The summed E-state index contributed by atoms with van der Waals surface area (Å²) >= 11 is 0. The normalized spacial score (nSPS) is 25.9. The molecule has 1 aliphatic heterocycles. The number of sulfone groups is 1. The van der Waals surface area contributed by atoms with Crippen molar-refractivity contribution < 1.29 is 8.42 Å². The van der Waals surface area contributed by atoms with Crippen molar-refractivity contribution >= 4 is 15.8 Å². The van der Waals surface area contributed by atoms with E-state index in [2.05, 4.69) is 14.5 Å². The van der Waals surface area contributed by atoms with Crippen molar-refractivity contribution in [2.75, 3.05) is 37.0 Å². The Bertz CT molecular complexity index is 634. The van der Waals surface area contributed by atoms with E-state index in [0.29, 0.717) is 18.2 Å². The average molecular weight is 326 g/mol. The van der Waals surface area contributed by atoms with Crippen molar-refractivity contribution in [3.8, 4) is 0 Å². The Morgan fingerprint density at radius 3 is 2.64 bits per heavy atom. The summed E-state index contributed by atoms with van der Waals surface area (Å²) in [6, 6.07) is 0.185. The maximum Gasteiger partial charge on any atom is 0.204 e. The van der Waals surface area contributed by atoms with E-state index in [1.807, 2.05) is 32.2 Å². The van der Waals surface area contributed by atoms with Crippen molar-refractivity contribution in [2.45, 2.75) is 31.8 Å².